The van der Waals surface area contributed by atoms with E-state index in [1.165, 1.54) is 25.7 Å². The molecule has 1 aliphatic carbocycles. The van der Waals surface area contributed by atoms with E-state index in [1.807, 2.05) is 0 Å². The molecule has 1 atom stereocenters. The van der Waals surface area contributed by atoms with Crippen LogP contribution in [0.3, 0.4) is 0 Å². The summed E-state index contributed by atoms with van der Waals surface area (Å²) < 4.78 is 0. The third-order valence-electron chi connectivity index (χ3n) is 3.69. The molecule has 0 aromatic heterocycles. The van der Waals surface area contributed by atoms with Crippen molar-refractivity contribution in [2.45, 2.75) is 51.6 Å². The Morgan fingerprint density at radius 1 is 1.40 bits per heavy atom. The number of hydrogen-bond acceptors (Lipinski definition) is 3. The van der Waals surface area contributed by atoms with E-state index in [2.05, 4.69) is 25.8 Å². The highest BCUT2D eigenvalue weighted by Gasteiger charge is 2.28. The second-order valence-electron chi connectivity index (χ2n) is 5.78. The number of hydrogen-bond donors (Lipinski definition) is 2. The number of rotatable bonds is 4. The molecule has 0 bridgehead atoms. The average Bonchev–Trinajstić information content (AvgIpc) is 2.17. The number of aliphatic hydroxyl groups excluding tert-OH is 1. The smallest absolute Gasteiger partial charge is 0.0595 e. The van der Waals surface area contributed by atoms with Gasteiger partial charge in [-0.2, -0.15) is 0 Å². The van der Waals surface area contributed by atoms with Crippen molar-refractivity contribution in [1.82, 2.24) is 4.90 Å². The number of aliphatic hydroxyl groups is 1. The molecule has 1 rings (SSSR count). The molecule has 0 aromatic carbocycles. The molecule has 0 saturated heterocycles. The van der Waals surface area contributed by atoms with Gasteiger partial charge in [0.1, 0.15) is 0 Å². The Hall–Kier alpha value is -0.120. The van der Waals surface area contributed by atoms with E-state index in [0.717, 1.165) is 6.54 Å². The zero-order valence-electron chi connectivity index (χ0n) is 10.4. The Labute approximate surface area is 93.6 Å². The fourth-order valence-electron chi connectivity index (χ4n) is 2.40. The van der Waals surface area contributed by atoms with Crippen LogP contribution in [0.1, 0.15) is 39.5 Å². The number of nitrogens with two attached hydrogens (primary N) is 1. The summed E-state index contributed by atoms with van der Waals surface area (Å²) in [6.45, 7) is 5.59. The normalized spacial score (nSPS) is 24.4. The summed E-state index contributed by atoms with van der Waals surface area (Å²) in [5.41, 5.74) is 6.27. The van der Waals surface area contributed by atoms with Crippen molar-refractivity contribution in [3.63, 3.8) is 0 Å². The predicted molar refractivity (Wildman–Crippen MR) is 63.7 cm³/mol. The van der Waals surface area contributed by atoms with Crippen molar-refractivity contribution in [1.29, 1.82) is 0 Å². The van der Waals surface area contributed by atoms with Gasteiger partial charge in [-0.1, -0.05) is 13.8 Å². The van der Waals surface area contributed by atoms with Crippen molar-refractivity contribution in [2.75, 3.05) is 20.2 Å². The summed E-state index contributed by atoms with van der Waals surface area (Å²) in [5.74, 6) is 0. The molecule has 0 radical (unpaired) electrons. The van der Waals surface area contributed by atoms with Gasteiger partial charge in [-0.3, -0.25) is 0 Å². The first-order chi connectivity index (χ1) is 6.94. The lowest BCUT2D eigenvalue weighted by Gasteiger charge is -2.39. The lowest BCUT2D eigenvalue weighted by Crippen LogP contribution is -2.44. The van der Waals surface area contributed by atoms with E-state index in [0.29, 0.717) is 11.5 Å². The monoisotopic (exact) mass is 214 g/mol. The van der Waals surface area contributed by atoms with Gasteiger partial charge in [0.05, 0.1) is 6.61 Å². The first-order valence-corrected chi connectivity index (χ1v) is 6.01. The van der Waals surface area contributed by atoms with E-state index < -0.39 is 0 Å². The molecule has 1 fully saturated rings. The van der Waals surface area contributed by atoms with Gasteiger partial charge >= 0.3 is 0 Å². The highest BCUT2D eigenvalue weighted by molar-refractivity contribution is 4.83. The van der Waals surface area contributed by atoms with Crippen molar-refractivity contribution in [2.24, 2.45) is 11.1 Å². The van der Waals surface area contributed by atoms with Gasteiger partial charge in [-0.25, -0.2) is 0 Å². The maximum absolute atomic E-state index is 8.91. The summed E-state index contributed by atoms with van der Waals surface area (Å²) in [4.78, 5) is 2.32. The Balaban J connectivity index is 2.33. The topological polar surface area (TPSA) is 49.5 Å². The number of nitrogens with zero attached hydrogens (tertiary/aromatic N) is 1. The summed E-state index contributed by atoms with van der Waals surface area (Å²) >= 11 is 0. The van der Waals surface area contributed by atoms with Crippen molar-refractivity contribution in [3.05, 3.63) is 0 Å². The van der Waals surface area contributed by atoms with E-state index in [9.17, 15) is 0 Å². The molecule has 3 N–H and O–H groups in total. The van der Waals surface area contributed by atoms with Crippen LogP contribution in [0.25, 0.3) is 0 Å². The predicted octanol–water partition coefficient (Wildman–Crippen LogP) is 1.21. The van der Waals surface area contributed by atoms with Crippen LogP contribution in [-0.4, -0.2) is 42.3 Å². The molecule has 1 saturated carbocycles. The van der Waals surface area contributed by atoms with Gasteiger partial charge in [0.15, 0.2) is 0 Å². The van der Waals surface area contributed by atoms with Gasteiger partial charge in [0.25, 0.3) is 0 Å². The van der Waals surface area contributed by atoms with Gasteiger partial charge in [0.2, 0.25) is 0 Å². The maximum Gasteiger partial charge on any atom is 0.0595 e. The molecular weight excluding hydrogens is 188 g/mol. The zero-order chi connectivity index (χ0) is 11.5. The maximum atomic E-state index is 8.91. The van der Waals surface area contributed by atoms with Crippen LogP contribution in [-0.2, 0) is 0 Å². The molecule has 1 aliphatic rings. The SMILES string of the molecule is CN(CC(N)CO)C1CCC(C)(C)CC1. The molecule has 3 heteroatoms. The molecule has 1 unspecified atom stereocenters. The molecule has 0 amide bonds. The molecule has 0 aliphatic heterocycles. The van der Waals surface area contributed by atoms with Crippen LogP contribution in [0.15, 0.2) is 0 Å². The van der Waals surface area contributed by atoms with Gasteiger partial charge < -0.3 is 15.7 Å². The second kappa shape index (κ2) is 5.28. The fraction of sp³-hybridized carbons (Fsp3) is 1.00. The lowest BCUT2D eigenvalue weighted by atomic mass is 9.75. The molecule has 0 spiro atoms. The minimum Gasteiger partial charge on any atom is -0.395 e. The van der Waals surface area contributed by atoms with Crippen LogP contribution in [0.5, 0.6) is 0 Å². The zero-order valence-corrected chi connectivity index (χ0v) is 10.4. The van der Waals surface area contributed by atoms with Gasteiger partial charge in [0, 0.05) is 18.6 Å². The summed E-state index contributed by atoms with van der Waals surface area (Å²) in [7, 11) is 2.12. The van der Waals surface area contributed by atoms with Crippen LogP contribution >= 0.6 is 0 Å². The molecule has 15 heavy (non-hydrogen) atoms. The fourth-order valence-corrected chi connectivity index (χ4v) is 2.40. The van der Waals surface area contributed by atoms with Crippen LogP contribution in [0, 0.1) is 5.41 Å². The summed E-state index contributed by atoms with van der Waals surface area (Å²) in [6.07, 6.45) is 5.13. The molecule has 0 heterocycles. The standard InChI is InChI=1S/C12H26N2O/c1-12(2)6-4-11(5-7-12)14(3)8-10(13)9-15/h10-11,15H,4-9,13H2,1-3H3. The highest BCUT2D eigenvalue weighted by Crippen LogP contribution is 2.36. The van der Waals surface area contributed by atoms with Gasteiger partial charge in [-0.05, 0) is 38.1 Å². The molecule has 90 valence electrons. The summed E-state index contributed by atoms with van der Waals surface area (Å²) in [5, 5.41) is 8.91. The van der Waals surface area contributed by atoms with Crippen LogP contribution < -0.4 is 5.73 Å². The highest BCUT2D eigenvalue weighted by atomic mass is 16.3. The Morgan fingerprint density at radius 3 is 2.40 bits per heavy atom. The van der Waals surface area contributed by atoms with E-state index >= 15 is 0 Å². The minimum absolute atomic E-state index is 0.0859. The van der Waals surface area contributed by atoms with Crippen LogP contribution in [0.2, 0.25) is 0 Å². The second-order valence-corrected chi connectivity index (χ2v) is 5.78. The van der Waals surface area contributed by atoms with Crippen molar-refractivity contribution < 1.29 is 5.11 Å². The van der Waals surface area contributed by atoms with E-state index in [4.69, 9.17) is 10.8 Å². The largest absolute Gasteiger partial charge is 0.395 e. The summed E-state index contributed by atoms with van der Waals surface area (Å²) in [6, 6.07) is 0.570. The van der Waals surface area contributed by atoms with E-state index in [1.54, 1.807) is 0 Å². The van der Waals surface area contributed by atoms with Crippen molar-refractivity contribution >= 4 is 0 Å². The lowest BCUT2D eigenvalue weighted by molar-refractivity contribution is 0.114. The van der Waals surface area contributed by atoms with Crippen LogP contribution in [0.4, 0.5) is 0 Å². The first kappa shape index (κ1) is 12.9. The number of likely N-dealkylation sites (N-methyl/N-ethyl adjacent to an activating group) is 1. The third-order valence-corrected chi connectivity index (χ3v) is 3.69. The Bertz CT molecular complexity index is 184. The molecule has 3 nitrogen and oxygen atoms in total. The first-order valence-electron chi connectivity index (χ1n) is 6.01. The van der Waals surface area contributed by atoms with Crippen molar-refractivity contribution in [3.8, 4) is 0 Å². The van der Waals surface area contributed by atoms with E-state index in [-0.39, 0.29) is 12.6 Å². The Morgan fingerprint density at radius 2 is 1.93 bits per heavy atom. The molecular formula is C12H26N2O. The third kappa shape index (κ3) is 4.09. The Kier molecular flexibility index (Phi) is 4.56. The quantitative estimate of drug-likeness (QED) is 0.739. The average molecular weight is 214 g/mol. The minimum atomic E-state index is -0.0927. The molecule has 0 aromatic rings. The van der Waals surface area contributed by atoms with Gasteiger partial charge in [-0.15, -0.1) is 0 Å².